The molecule has 6 rings (SSSR count). The molecule has 3 aromatic rings. The minimum atomic E-state index is -1.37. The summed E-state index contributed by atoms with van der Waals surface area (Å²) in [4.78, 5) is 13.7. The molecular weight excluding hydrogens is 571 g/mol. The molecule has 0 saturated carbocycles. The van der Waals surface area contributed by atoms with E-state index in [9.17, 15) is 0 Å². The Bertz CT molecular complexity index is 1440. The molecule has 7 atom stereocenters. The van der Waals surface area contributed by atoms with Crippen molar-refractivity contribution in [3.05, 3.63) is 48.0 Å². The average molecular weight is 611 g/mol. The maximum Gasteiger partial charge on any atom is 0.260 e. The van der Waals surface area contributed by atoms with Crippen LogP contribution in [0.5, 0.6) is 5.88 Å². The van der Waals surface area contributed by atoms with Gasteiger partial charge in [0.1, 0.15) is 30.2 Å². The number of benzene rings is 1. The van der Waals surface area contributed by atoms with Gasteiger partial charge in [0.05, 0.1) is 44.2 Å². The highest BCUT2D eigenvalue weighted by molar-refractivity contribution is 7.45. The number of aromatic nitrogens is 4. The van der Waals surface area contributed by atoms with Crippen LogP contribution in [0.15, 0.2) is 36.7 Å². The number of hydrogen-bond donors (Lipinski definition) is 0. The molecule has 3 aliphatic heterocycles. The summed E-state index contributed by atoms with van der Waals surface area (Å²) >= 11 is 0. The van der Waals surface area contributed by atoms with Gasteiger partial charge in [-0.05, 0) is 38.7 Å². The van der Waals surface area contributed by atoms with Crippen molar-refractivity contribution in [1.29, 1.82) is 5.26 Å². The van der Waals surface area contributed by atoms with Crippen molar-refractivity contribution in [2.75, 3.05) is 33.5 Å². The maximum absolute atomic E-state index is 8.95. The highest BCUT2D eigenvalue weighted by Crippen LogP contribution is 2.64. The Kier molecular flexibility index (Phi) is 9.21. The second kappa shape index (κ2) is 13.1. The van der Waals surface area contributed by atoms with Crippen molar-refractivity contribution >= 4 is 19.7 Å². The average Bonchev–Trinajstić information content (AvgIpc) is 3.79. The molecule has 0 amide bonds. The van der Waals surface area contributed by atoms with E-state index in [4.69, 9.17) is 33.3 Å². The van der Waals surface area contributed by atoms with Crippen LogP contribution >= 0.6 is 8.53 Å². The Labute approximate surface area is 253 Å². The zero-order valence-electron chi connectivity index (χ0n) is 25.1. The van der Waals surface area contributed by atoms with Crippen LogP contribution in [-0.4, -0.2) is 82.0 Å². The molecule has 3 aliphatic rings. The van der Waals surface area contributed by atoms with Gasteiger partial charge in [-0.25, -0.2) is 14.6 Å². The van der Waals surface area contributed by atoms with Crippen molar-refractivity contribution in [2.24, 2.45) is 0 Å². The van der Waals surface area contributed by atoms with Gasteiger partial charge in [0.25, 0.3) is 8.53 Å². The molecule has 3 saturated heterocycles. The lowest BCUT2D eigenvalue weighted by Crippen LogP contribution is -2.37. The molecule has 0 aliphatic carbocycles. The van der Waals surface area contributed by atoms with Crippen LogP contribution in [0.2, 0.25) is 0 Å². The molecule has 43 heavy (non-hydrogen) atoms. The van der Waals surface area contributed by atoms with E-state index in [1.54, 1.807) is 20.4 Å². The fourth-order valence-corrected chi connectivity index (χ4v) is 8.44. The summed E-state index contributed by atoms with van der Waals surface area (Å²) in [7, 11) is 0.282. The number of imidazole rings is 1. The van der Waals surface area contributed by atoms with Gasteiger partial charge >= 0.3 is 0 Å². The predicted molar refractivity (Wildman–Crippen MR) is 158 cm³/mol. The predicted octanol–water partition coefficient (Wildman–Crippen LogP) is 4.79. The van der Waals surface area contributed by atoms with E-state index in [1.165, 1.54) is 0 Å². The zero-order chi connectivity index (χ0) is 30.0. The highest BCUT2D eigenvalue weighted by Gasteiger charge is 2.57. The molecule has 13 heteroatoms. The molecule has 1 unspecified atom stereocenters. The van der Waals surface area contributed by atoms with Crippen LogP contribution < -0.4 is 4.74 Å². The summed E-state index contributed by atoms with van der Waals surface area (Å²) in [5.74, 6) is 0.869. The Morgan fingerprint density at radius 1 is 1.16 bits per heavy atom. The lowest BCUT2D eigenvalue weighted by Gasteiger charge is -2.29. The summed E-state index contributed by atoms with van der Waals surface area (Å²) in [6, 6.07) is 12.8. The van der Waals surface area contributed by atoms with Gasteiger partial charge in [0, 0.05) is 13.7 Å². The topological polar surface area (TPSA) is 126 Å². The number of fused-ring (bicyclic) bond motifs is 2. The number of methoxy groups -OCH3 is 1. The Balaban J connectivity index is 1.31. The lowest BCUT2D eigenvalue weighted by atomic mass is 9.87. The maximum atomic E-state index is 8.95. The summed E-state index contributed by atoms with van der Waals surface area (Å²) in [5, 5.41) is 8.95. The van der Waals surface area contributed by atoms with Gasteiger partial charge in [-0.2, -0.15) is 10.2 Å². The fraction of sp³-hybridized carbons (Fsp3) is 0.600. The van der Waals surface area contributed by atoms with Gasteiger partial charge in [-0.3, -0.25) is 4.57 Å². The molecule has 0 N–H and O–H groups in total. The molecule has 12 nitrogen and oxygen atoms in total. The third-order valence-electron chi connectivity index (χ3n) is 8.41. The summed E-state index contributed by atoms with van der Waals surface area (Å²) in [5.41, 5.74) is 1.77. The Hall–Kier alpha value is -2.75. The van der Waals surface area contributed by atoms with Crippen LogP contribution in [0.25, 0.3) is 11.2 Å². The van der Waals surface area contributed by atoms with Crippen LogP contribution in [0.3, 0.4) is 0 Å². The smallest absolute Gasteiger partial charge is 0.260 e. The first-order valence-corrected chi connectivity index (χ1v) is 16.1. The minimum absolute atomic E-state index is 0.217. The van der Waals surface area contributed by atoms with E-state index in [1.807, 2.05) is 10.6 Å². The van der Waals surface area contributed by atoms with Gasteiger partial charge < -0.3 is 28.0 Å². The molecule has 0 bridgehead atoms. The van der Waals surface area contributed by atoms with E-state index in [0.717, 1.165) is 31.4 Å². The number of nitrogens with zero attached hydrogens (tertiary/aromatic N) is 6. The van der Waals surface area contributed by atoms with Crippen molar-refractivity contribution < 1.29 is 28.0 Å². The molecule has 5 heterocycles. The first-order valence-electron chi connectivity index (χ1n) is 14.9. The summed E-state index contributed by atoms with van der Waals surface area (Å²) < 4.78 is 42.4. The van der Waals surface area contributed by atoms with Crippen LogP contribution in [-0.2, 0) is 28.9 Å². The normalized spacial score (nSPS) is 30.6. The zero-order valence-corrected chi connectivity index (χ0v) is 26.0. The second-order valence-corrected chi connectivity index (χ2v) is 12.5. The largest absolute Gasteiger partial charge is 0.475 e. The van der Waals surface area contributed by atoms with E-state index >= 15 is 0 Å². The molecule has 0 radical (unpaired) electrons. The molecule has 2 aromatic heterocycles. The number of aryl methyl sites for hydroxylation is 1. The van der Waals surface area contributed by atoms with Crippen molar-refractivity contribution in [3.63, 3.8) is 0 Å². The molecule has 1 aromatic carbocycles. The van der Waals surface area contributed by atoms with Gasteiger partial charge in [-0.1, -0.05) is 37.3 Å². The van der Waals surface area contributed by atoms with Crippen molar-refractivity contribution in [1.82, 2.24) is 24.2 Å². The third kappa shape index (κ3) is 5.76. The standard InChI is InChI=1S/C30H39N6O6P/c1-5-22-25(41-43-36-15-9-13-23(36)30(3,42-43)21-11-7-6-8-12-21)26(38-18-17-37-4)29(40-22)35-19-32-24-27(35)33-20(2)34-28(24)39-16-10-14-31/h6-8,11-12,19,22-23,25-26,29H,5,9-10,13,15-18H2,1-4H3/t22-,23-,25+,26?,29-,30+,43-/m1/s1. The van der Waals surface area contributed by atoms with Crippen molar-refractivity contribution in [3.8, 4) is 11.9 Å². The summed E-state index contributed by atoms with van der Waals surface area (Å²) in [6.45, 7) is 8.02. The van der Waals surface area contributed by atoms with Crippen LogP contribution in [0.4, 0.5) is 0 Å². The first kappa shape index (κ1) is 30.3. The highest BCUT2D eigenvalue weighted by atomic mass is 31.2. The quantitative estimate of drug-likeness (QED) is 0.208. The van der Waals surface area contributed by atoms with Gasteiger partial charge in [0.15, 0.2) is 17.4 Å². The van der Waals surface area contributed by atoms with E-state index in [-0.39, 0.29) is 25.2 Å². The Morgan fingerprint density at radius 2 is 2.00 bits per heavy atom. The number of rotatable bonds is 12. The summed E-state index contributed by atoms with van der Waals surface area (Å²) in [6.07, 6.45) is 3.12. The van der Waals surface area contributed by atoms with Crippen LogP contribution in [0.1, 0.15) is 57.1 Å². The first-order chi connectivity index (χ1) is 21.0. The number of hydrogen-bond acceptors (Lipinski definition) is 11. The number of nitriles is 1. The van der Waals surface area contributed by atoms with Gasteiger partial charge in [0.2, 0.25) is 5.88 Å². The molecular formula is C30H39N6O6P. The molecule has 230 valence electrons. The molecule has 3 fully saturated rings. The minimum Gasteiger partial charge on any atom is -0.475 e. The third-order valence-corrected chi connectivity index (χ3v) is 10.3. The second-order valence-electron chi connectivity index (χ2n) is 11.2. The van der Waals surface area contributed by atoms with E-state index < -0.39 is 32.6 Å². The number of ether oxygens (including phenoxy) is 4. The fourth-order valence-electron chi connectivity index (χ4n) is 6.29. The van der Waals surface area contributed by atoms with E-state index in [2.05, 4.69) is 63.8 Å². The van der Waals surface area contributed by atoms with Crippen LogP contribution in [0, 0.1) is 18.3 Å². The Morgan fingerprint density at radius 3 is 2.77 bits per heavy atom. The monoisotopic (exact) mass is 610 g/mol. The van der Waals surface area contributed by atoms with Gasteiger partial charge in [-0.15, -0.1) is 0 Å². The van der Waals surface area contributed by atoms with Crippen molar-refractivity contribution in [2.45, 2.75) is 82.6 Å². The SMILES string of the molecule is CC[C@H]1O[C@@H](n2cnc3c(OCCC#N)nc(C)nc32)C(OCCOC)[C@H]1O[P@]1O[C@@](C)(c2ccccc2)[C@H]2CCCN21. The van der Waals surface area contributed by atoms with E-state index in [0.29, 0.717) is 36.1 Å². The lowest BCUT2D eigenvalue weighted by molar-refractivity contribution is -0.0751. The molecule has 0 spiro atoms.